The summed E-state index contributed by atoms with van der Waals surface area (Å²) in [6.07, 6.45) is 20.4. The summed E-state index contributed by atoms with van der Waals surface area (Å²) in [5, 5.41) is 0. The predicted molar refractivity (Wildman–Crippen MR) is 210 cm³/mol. The van der Waals surface area contributed by atoms with E-state index in [-0.39, 0.29) is 23.0 Å². The third kappa shape index (κ3) is 10.5. The van der Waals surface area contributed by atoms with Crippen molar-refractivity contribution >= 4 is 5.91 Å². The van der Waals surface area contributed by atoms with Gasteiger partial charge in [-0.15, -0.1) is 0 Å². The Hall–Kier alpha value is -0.770. The fourth-order valence-corrected chi connectivity index (χ4v) is 11.8. The summed E-state index contributed by atoms with van der Waals surface area (Å²) in [5.41, 5.74) is 18.1. The van der Waals surface area contributed by atoms with Gasteiger partial charge in [0.2, 0.25) is 5.91 Å². The molecule has 51 heavy (non-hydrogen) atoms. The van der Waals surface area contributed by atoms with E-state index in [2.05, 4.69) is 39.5 Å². The van der Waals surface area contributed by atoms with Gasteiger partial charge in [0.25, 0.3) is 0 Å². The summed E-state index contributed by atoms with van der Waals surface area (Å²) in [5.74, 6) is 3.63. The summed E-state index contributed by atoms with van der Waals surface area (Å²) < 4.78 is 20.4. The Balaban J connectivity index is 1.56. The van der Waals surface area contributed by atoms with E-state index in [0.717, 1.165) is 97.1 Å². The fourth-order valence-electron chi connectivity index (χ4n) is 11.8. The summed E-state index contributed by atoms with van der Waals surface area (Å²) in [7, 11) is 0. The second-order valence-electron chi connectivity index (χ2n) is 17.8. The zero-order valence-corrected chi connectivity index (χ0v) is 33.9. The van der Waals surface area contributed by atoms with Gasteiger partial charge in [0, 0.05) is 44.7 Å². The molecular formula is C43H82N4O4. The maximum absolute atomic E-state index is 13.7. The van der Waals surface area contributed by atoms with Crippen molar-refractivity contribution in [3.63, 3.8) is 0 Å². The number of carbonyl (C=O) groups excluding carboxylic acids is 1. The summed E-state index contributed by atoms with van der Waals surface area (Å²) in [4.78, 5) is 15.9. The average molecular weight is 719 g/mol. The molecule has 0 aliphatic heterocycles. The quantitative estimate of drug-likeness (QED) is 0.0874. The first kappa shape index (κ1) is 43.0. The van der Waals surface area contributed by atoms with E-state index in [1.54, 1.807) is 0 Å². The van der Waals surface area contributed by atoms with Gasteiger partial charge in [-0.1, -0.05) is 60.3 Å². The van der Waals surface area contributed by atoms with E-state index in [1.807, 2.05) is 0 Å². The molecule has 8 nitrogen and oxygen atoms in total. The van der Waals surface area contributed by atoms with Gasteiger partial charge in [0.05, 0.1) is 18.3 Å². The SMILES string of the molecule is CCCCCN(CCCCC)C(=O)CC[C@@H](C)[C@H]1CC[C@H]2C3[C@H](OCCCN)CC4C[C@H](OCCCN)CC[C@]4(C)[C@H]3C[C@H](OCCCN)[C@]12C. The van der Waals surface area contributed by atoms with Crippen molar-refractivity contribution in [2.45, 2.75) is 169 Å². The molecule has 0 aromatic carbocycles. The van der Waals surface area contributed by atoms with Crippen LogP contribution in [0.4, 0.5) is 0 Å². The van der Waals surface area contributed by atoms with Gasteiger partial charge >= 0.3 is 0 Å². The molecule has 0 bridgehead atoms. The van der Waals surface area contributed by atoms with E-state index in [1.165, 1.54) is 44.9 Å². The standard InChI is InChI=1S/C43H82N4O4/c1-6-8-10-24-47(25-11-9-7-2)40(48)18-15-32(3)35-16-17-36-41-37(31-39(43(35,36)5)51-28-14-23-46)42(4)20-19-34(49-26-12-21-44)29-33(42)30-38(41)50-27-13-22-45/h32-39,41H,6-31,44-46H2,1-5H3/t32-,33?,34-,35-,36+,37+,38-,39+,41?,42+,43-/m1/s1. The molecule has 1 amide bonds. The van der Waals surface area contributed by atoms with E-state index in [4.69, 9.17) is 31.4 Å². The molecule has 4 saturated carbocycles. The minimum absolute atomic E-state index is 0.0569. The third-order valence-corrected chi connectivity index (χ3v) is 14.7. The molecule has 6 N–H and O–H groups in total. The maximum Gasteiger partial charge on any atom is 0.222 e. The highest BCUT2D eigenvalue weighted by molar-refractivity contribution is 5.76. The lowest BCUT2D eigenvalue weighted by Gasteiger charge is -2.65. The van der Waals surface area contributed by atoms with Gasteiger partial charge in [-0.25, -0.2) is 0 Å². The molecule has 4 fully saturated rings. The number of carbonyl (C=O) groups is 1. The number of amides is 1. The number of ether oxygens (including phenoxy) is 3. The number of rotatable bonds is 24. The van der Waals surface area contributed by atoms with Crippen molar-refractivity contribution in [3.8, 4) is 0 Å². The van der Waals surface area contributed by atoms with Crippen LogP contribution < -0.4 is 17.2 Å². The normalized spacial score (nSPS) is 35.2. The number of fused-ring (bicyclic) bond motifs is 5. The topological polar surface area (TPSA) is 126 Å². The van der Waals surface area contributed by atoms with Gasteiger partial charge < -0.3 is 36.3 Å². The first-order valence-corrected chi connectivity index (χ1v) is 21.9. The highest BCUT2D eigenvalue weighted by Gasteiger charge is 2.66. The van der Waals surface area contributed by atoms with Crippen molar-refractivity contribution < 1.29 is 19.0 Å². The van der Waals surface area contributed by atoms with E-state index in [9.17, 15) is 4.79 Å². The summed E-state index contributed by atoms with van der Waals surface area (Å²) >= 11 is 0. The van der Waals surface area contributed by atoms with Crippen molar-refractivity contribution in [1.82, 2.24) is 4.90 Å². The lowest BCUT2D eigenvalue weighted by atomic mass is 9.43. The van der Waals surface area contributed by atoms with Gasteiger partial charge in [0.1, 0.15) is 0 Å². The molecule has 4 rings (SSSR count). The molecular weight excluding hydrogens is 636 g/mol. The molecule has 0 heterocycles. The van der Waals surface area contributed by atoms with Gasteiger partial charge in [-0.05, 0) is 144 Å². The fraction of sp³-hybridized carbons (Fsp3) is 0.977. The Labute approximate surface area is 313 Å². The van der Waals surface area contributed by atoms with Crippen LogP contribution in [-0.4, -0.2) is 81.7 Å². The van der Waals surface area contributed by atoms with Crippen molar-refractivity contribution in [1.29, 1.82) is 0 Å². The number of nitrogens with two attached hydrogens (primary N) is 3. The average Bonchev–Trinajstić information content (AvgIpc) is 3.48. The molecule has 2 unspecified atom stereocenters. The molecule has 0 aromatic heterocycles. The lowest BCUT2D eigenvalue weighted by Crippen LogP contribution is -2.63. The monoisotopic (exact) mass is 719 g/mol. The third-order valence-electron chi connectivity index (χ3n) is 14.7. The van der Waals surface area contributed by atoms with Crippen LogP contribution in [0.25, 0.3) is 0 Å². The van der Waals surface area contributed by atoms with E-state index in [0.29, 0.717) is 73.6 Å². The summed E-state index contributed by atoms with van der Waals surface area (Å²) in [6.45, 7) is 18.3. The van der Waals surface area contributed by atoms with Crippen molar-refractivity contribution in [3.05, 3.63) is 0 Å². The first-order valence-electron chi connectivity index (χ1n) is 21.9. The Bertz CT molecular complexity index is 991. The number of hydrogen-bond donors (Lipinski definition) is 3. The summed E-state index contributed by atoms with van der Waals surface area (Å²) in [6, 6.07) is 0. The molecule has 0 aromatic rings. The smallest absolute Gasteiger partial charge is 0.222 e. The zero-order chi connectivity index (χ0) is 36.9. The van der Waals surface area contributed by atoms with Crippen LogP contribution in [0.3, 0.4) is 0 Å². The Morgan fingerprint density at radius 3 is 2.02 bits per heavy atom. The number of hydrogen-bond acceptors (Lipinski definition) is 7. The van der Waals surface area contributed by atoms with Gasteiger partial charge in [-0.3, -0.25) is 4.79 Å². The molecule has 298 valence electrons. The van der Waals surface area contributed by atoms with Crippen molar-refractivity contribution in [2.24, 2.45) is 63.5 Å². The highest BCUT2D eigenvalue weighted by atomic mass is 16.5. The molecule has 0 saturated heterocycles. The second kappa shape index (κ2) is 21.4. The van der Waals surface area contributed by atoms with Crippen LogP contribution in [0.2, 0.25) is 0 Å². The van der Waals surface area contributed by atoms with Crippen LogP contribution in [0, 0.1) is 46.3 Å². The number of nitrogens with zero attached hydrogens (tertiary/aromatic N) is 1. The molecule has 4 aliphatic carbocycles. The Kier molecular flexibility index (Phi) is 18.0. The molecule has 8 heteroatoms. The largest absolute Gasteiger partial charge is 0.378 e. The minimum atomic E-state index is 0.0569. The predicted octanol–water partition coefficient (Wildman–Crippen LogP) is 7.69. The molecule has 0 spiro atoms. The van der Waals surface area contributed by atoms with Crippen LogP contribution in [-0.2, 0) is 19.0 Å². The van der Waals surface area contributed by atoms with Crippen LogP contribution in [0.15, 0.2) is 0 Å². The molecule has 0 radical (unpaired) electrons. The minimum Gasteiger partial charge on any atom is -0.378 e. The lowest BCUT2D eigenvalue weighted by molar-refractivity contribution is -0.227. The molecule has 4 aliphatic rings. The van der Waals surface area contributed by atoms with Gasteiger partial charge in [-0.2, -0.15) is 0 Å². The maximum atomic E-state index is 13.7. The highest BCUT2D eigenvalue weighted by Crippen LogP contribution is 2.69. The first-order chi connectivity index (χ1) is 24.7. The van der Waals surface area contributed by atoms with Crippen LogP contribution in [0.5, 0.6) is 0 Å². The van der Waals surface area contributed by atoms with E-state index >= 15 is 0 Å². The van der Waals surface area contributed by atoms with Gasteiger partial charge in [0.15, 0.2) is 0 Å². The Morgan fingerprint density at radius 2 is 1.39 bits per heavy atom. The Morgan fingerprint density at radius 1 is 0.765 bits per heavy atom. The van der Waals surface area contributed by atoms with Crippen LogP contribution >= 0.6 is 0 Å². The molecule has 11 atom stereocenters. The zero-order valence-electron chi connectivity index (χ0n) is 33.9. The number of unbranched alkanes of at least 4 members (excludes halogenated alkanes) is 4. The van der Waals surface area contributed by atoms with Crippen LogP contribution in [0.1, 0.15) is 150 Å². The van der Waals surface area contributed by atoms with E-state index < -0.39 is 0 Å². The second-order valence-corrected chi connectivity index (χ2v) is 17.8. The van der Waals surface area contributed by atoms with Crippen molar-refractivity contribution in [2.75, 3.05) is 52.5 Å².